The maximum absolute atomic E-state index is 8.24. The molecule has 0 saturated heterocycles. The zero-order valence-electron chi connectivity index (χ0n) is 7.88. The number of hydrogen-bond acceptors (Lipinski definition) is 2. The second kappa shape index (κ2) is 9.99. The van der Waals surface area contributed by atoms with E-state index in [0.717, 1.165) is 25.7 Å². The summed E-state index contributed by atoms with van der Waals surface area (Å²) in [6, 6.07) is -0.216. The molecule has 0 amide bonds. The van der Waals surface area contributed by atoms with E-state index < -0.39 is 0 Å². The fourth-order valence-corrected chi connectivity index (χ4v) is 1.23. The van der Waals surface area contributed by atoms with Crippen molar-refractivity contribution in [3.8, 4) is 0 Å². The van der Waals surface area contributed by atoms with Crippen LogP contribution in [-0.2, 0) is 0 Å². The summed E-state index contributed by atoms with van der Waals surface area (Å²) in [6.45, 7) is 0.238. The fraction of sp³-hybridized carbons (Fsp3) is 1.00. The van der Waals surface area contributed by atoms with Gasteiger partial charge in [0.15, 0.2) is 0 Å². The lowest BCUT2D eigenvalue weighted by Crippen LogP contribution is -2.07. The molecule has 0 aliphatic heterocycles. The average Bonchev–Trinajstić information content (AvgIpc) is 2.20. The van der Waals surface area contributed by atoms with Crippen molar-refractivity contribution in [2.75, 3.05) is 12.4 Å². The first kappa shape index (κ1) is 12.9. The second-order valence-electron chi connectivity index (χ2n) is 2.81. The molecule has 0 rings (SSSR count). The Labute approximate surface area is 87.5 Å². The summed E-state index contributed by atoms with van der Waals surface area (Å²) in [5.74, 6) is 0.655. The molecule has 14 heavy (non-hydrogen) atoms. The minimum absolute atomic E-state index is 0.216. The van der Waals surface area contributed by atoms with Crippen LogP contribution in [-0.4, -0.2) is 18.5 Å². The predicted molar refractivity (Wildman–Crippen MR) is 56.1 cm³/mol. The van der Waals surface area contributed by atoms with Crippen molar-refractivity contribution >= 4 is 11.6 Å². The molecule has 1 unspecified atom stereocenters. The molecule has 0 spiro atoms. The molecule has 0 saturated carbocycles. The number of unbranched alkanes of at least 4 members (excludes halogenated alkanes) is 2. The summed E-state index contributed by atoms with van der Waals surface area (Å²) in [4.78, 5) is 5.33. The van der Waals surface area contributed by atoms with E-state index in [1.54, 1.807) is 0 Å². The lowest BCUT2D eigenvalue weighted by molar-refractivity contribution is 0.564. The van der Waals surface area contributed by atoms with Gasteiger partial charge in [-0.2, -0.15) is 0 Å². The van der Waals surface area contributed by atoms with E-state index in [1.807, 2.05) is 0 Å². The Morgan fingerprint density at radius 3 is 2.50 bits per heavy atom. The topological polar surface area (TPSA) is 97.5 Å². The largest absolute Gasteiger partial charge is 0.127 e. The van der Waals surface area contributed by atoms with Crippen molar-refractivity contribution in [1.29, 1.82) is 0 Å². The second-order valence-corrected chi connectivity index (χ2v) is 3.19. The van der Waals surface area contributed by atoms with Crippen LogP contribution in [0.25, 0.3) is 20.9 Å². The molecule has 6 nitrogen and oxygen atoms in total. The first-order chi connectivity index (χ1) is 6.85. The van der Waals surface area contributed by atoms with Crippen LogP contribution in [0.5, 0.6) is 0 Å². The number of alkyl halides is 1. The predicted octanol–water partition coefficient (Wildman–Crippen LogP) is 3.77. The summed E-state index contributed by atoms with van der Waals surface area (Å²) in [5, 5.41) is 6.92. The van der Waals surface area contributed by atoms with E-state index in [9.17, 15) is 0 Å². The Bertz CT molecular complexity index is 230. The Balaban J connectivity index is 3.72. The molecule has 7 heteroatoms. The van der Waals surface area contributed by atoms with E-state index in [1.165, 1.54) is 0 Å². The van der Waals surface area contributed by atoms with E-state index >= 15 is 0 Å². The monoisotopic (exact) mass is 216 g/mol. The van der Waals surface area contributed by atoms with Gasteiger partial charge >= 0.3 is 0 Å². The quantitative estimate of drug-likeness (QED) is 0.194. The van der Waals surface area contributed by atoms with Gasteiger partial charge in [0.05, 0.1) is 0 Å². The van der Waals surface area contributed by atoms with Crippen LogP contribution in [0.4, 0.5) is 0 Å². The van der Waals surface area contributed by atoms with Crippen molar-refractivity contribution in [3.63, 3.8) is 0 Å². The van der Waals surface area contributed by atoms with Crippen LogP contribution >= 0.6 is 11.6 Å². The van der Waals surface area contributed by atoms with Crippen LogP contribution in [0.15, 0.2) is 10.2 Å². The highest BCUT2D eigenvalue weighted by atomic mass is 35.5. The Kier molecular flexibility index (Phi) is 9.22. The minimum Gasteiger partial charge on any atom is -0.127 e. The van der Waals surface area contributed by atoms with Crippen LogP contribution in [0.3, 0.4) is 0 Å². The van der Waals surface area contributed by atoms with Gasteiger partial charge in [-0.1, -0.05) is 23.1 Å². The van der Waals surface area contributed by atoms with E-state index in [0.29, 0.717) is 5.88 Å². The van der Waals surface area contributed by atoms with Gasteiger partial charge in [-0.25, -0.2) is 0 Å². The highest BCUT2D eigenvalue weighted by Crippen LogP contribution is 2.08. The lowest BCUT2D eigenvalue weighted by atomic mass is 10.1. The molecule has 0 radical (unpaired) electrons. The lowest BCUT2D eigenvalue weighted by Gasteiger charge is -2.05. The molecule has 0 fully saturated rings. The molecule has 78 valence electrons. The summed E-state index contributed by atoms with van der Waals surface area (Å²) in [5.41, 5.74) is 16.3. The third-order valence-electron chi connectivity index (χ3n) is 1.74. The Morgan fingerprint density at radius 1 is 1.14 bits per heavy atom. The van der Waals surface area contributed by atoms with Gasteiger partial charge in [0.1, 0.15) is 0 Å². The van der Waals surface area contributed by atoms with Crippen LogP contribution in [0.1, 0.15) is 25.7 Å². The van der Waals surface area contributed by atoms with Gasteiger partial charge in [-0.05, 0) is 23.9 Å². The van der Waals surface area contributed by atoms with Gasteiger partial charge in [0.25, 0.3) is 0 Å². The minimum atomic E-state index is -0.216. The number of azide groups is 2. The van der Waals surface area contributed by atoms with Gasteiger partial charge in [-0.3, -0.25) is 0 Å². The normalized spacial score (nSPS) is 11.2. The Morgan fingerprint density at radius 2 is 1.93 bits per heavy atom. The van der Waals surface area contributed by atoms with Gasteiger partial charge < -0.3 is 0 Å². The zero-order chi connectivity index (χ0) is 10.6. The first-order valence-corrected chi connectivity index (χ1v) is 4.99. The van der Waals surface area contributed by atoms with E-state index in [2.05, 4.69) is 20.1 Å². The van der Waals surface area contributed by atoms with Gasteiger partial charge in [-0.15, -0.1) is 11.6 Å². The molecule has 0 aliphatic rings. The summed E-state index contributed by atoms with van der Waals surface area (Å²) in [7, 11) is 0. The number of rotatable bonds is 8. The van der Waals surface area contributed by atoms with Crippen LogP contribution < -0.4 is 0 Å². The molecular formula is C7H13ClN6. The summed E-state index contributed by atoms with van der Waals surface area (Å²) < 4.78 is 0. The highest BCUT2D eigenvalue weighted by Gasteiger charge is 2.03. The smallest absolute Gasteiger partial charge is 0.0429 e. The molecular weight excluding hydrogens is 204 g/mol. The van der Waals surface area contributed by atoms with Crippen molar-refractivity contribution in [3.05, 3.63) is 20.9 Å². The third kappa shape index (κ3) is 7.55. The molecule has 0 aromatic rings. The van der Waals surface area contributed by atoms with Crippen LogP contribution in [0, 0.1) is 0 Å². The standard InChI is InChI=1S/C7H13ClN6/c8-5-3-1-2-4-7(12-14-10)6-11-13-9/h7H,1-6H2. The maximum Gasteiger partial charge on any atom is 0.0429 e. The van der Waals surface area contributed by atoms with Crippen LogP contribution in [0.2, 0.25) is 0 Å². The van der Waals surface area contributed by atoms with Gasteiger partial charge in [0, 0.05) is 28.3 Å². The highest BCUT2D eigenvalue weighted by molar-refractivity contribution is 6.17. The molecule has 0 N–H and O–H groups in total. The molecule has 1 atom stereocenters. The fourth-order valence-electron chi connectivity index (χ4n) is 1.04. The first-order valence-electron chi connectivity index (χ1n) is 4.46. The zero-order valence-corrected chi connectivity index (χ0v) is 8.64. The van der Waals surface area contributed by atoms with Crippen molar-refractivity contribution in [2.24, 2.45) is 10.2 Å². The van der Waals surface area contributed by atoms with Crippen molar-refractivity contribution < 1.29 is 0 Å². The number of halogens is 1. The van der Waals surface area contributed by atoms with E-state index in [-0.39, 0.29) is 12.6 Å². The molecule has 0 aromatic heterocycles. The Hall–Kier alpha value is -1.09. The molecule has 0 bridgehead atoms. The molecule has 0 aromatic carbocycles. The third-order valence-corrected chi connectivity index (χ3v) is 2.01. The maximum atomic E-state index is 8.24. The number of hydrogen-bond donors (Lipinski definition) is 0. The molecule has 0 heterocycles. The molecule has 0 aliphatic carbocycles. The van der Waals surface area contributed by atoms with Crippen molar-refractivity contribution in [2.45, 2.75) is 31.7 Å². The average molecular weight is 217 g/mol. The number of nitrogens with zero attached hydrogens (tertiary/aromatic N) is 6. The van der Waals surface area contributed by atoms with Crippen molar-refractivity contribution in [1.82, 2.24) is 0 Å². The SMILES string of the molecule is [N-]=[N+]=NCC(CCCCCCl)N=[N+]=[N-]. The summed E-state index contributed by atoms with van der Waals surface area (Å²) in [6.07, 6.45) is 3.67. The van der Waals surface area contributed by atoms with E-state index in [4.69, 9.17) is 22.7 Å². The summed E-state index contributed by atoms with van der Waals surface area (Å²) >= 11 is 5.51. The van der Waals surface area contributed by atoms with Gasteiger partial charge in [0.2, 0.25) is 0 Å².